The maximum absolute atomic E-state index is 13.7. The molecule has 0 saturated carbocycles. The molecule has 0 aliphatic carbocycles. The first-order chi connectivity index (χ1) is 33.1. The normalized spacial score (nSPS) is 12.9. The minimum atomic E-state index is -4.49. The molecule has 0 radical (unpaired) electrons. The van der Waals surface area contributed by atoms with E-state index in [2.05, 4.69) is 39.7 Å². The van der Waals surface area contributed by atoms with Crippen molar-refractivity contribution in [2.75, 3.05) is 37.0 Å². The number of hydrogen-bond donors (Lipinski definition) is 3. The summed E-state index contributed by atoms with van der Waals surface area (Å²) in [7, 11) is 1.59. The van der Waals surface area contributed by atoms with Crippen molar-refractivity contribution in [2.45, 2.75) is 115 Å². The number of nitrogens with one attached hydrogen (secondary N) is 3. The van der Waals surface area contributed by atoms with Gasteiger partial charge < -0.3 is 30.3 Å². The van der Waals surface area contributed by atoms with Crippen LogP contribution in [0.25, 0.3) is 11.3 Å². The molecule has 3 amide bonds. The predicted octanol–water partition coefficient (Wildman–Crippen LogP) is 12.2. The average Bonchev–Trinajstić information content (AvgIpc) is 3.32. The summed E-state index contributed by atoms with van der Waals surface area (Å²) in [5, 5.41) is 8.40. The van der Waals surface area contributed by atoms with E-state index in [4.69, 9.17) is 9.47 Å². The number of halogens is 3. The zero-order chi connectivity index (χ0) is 51.1. The van der Waals surface area contributed by atoms with Crippen molar-refractivity contribution in [2.24, 2.45) is 5.92 Å². The molecule has 0 unspecified atom stereocenters. The van der Waals surface area contributed by atoms with E-state index in [-0.39, 0.29) is 29.9 Å². The number of piperidine rings is 1. The first-order valence-corrected chi connectivity index (χ1v) is 24.6. The van der Waals surface area contributed by atoms with Crippen LogP contribution in [-0.2, 0) is 32.7 Å². The van der Waals surface area contributed by atoms with Crippen LogP contribution in [0.3, 0.4) is 0 Å². The molecular formula is C55H66F3N5O6S. The monoisotopic (exact) mass is 981 g/mol. The predicted molar refractivity (Wildman–Crippen MR) is 272 cm³/mol. The Balaban J connectivity index is 0.000000458. The first kappa shape index (κ1) is 54.7. The number of pyridine rings is 1. The smallest absolute Gasteiger partial charge is 0.416 e. The molecule has 2 heterocycles. The second-order valence-corrected chi connectivity index (χ2v) is 20.2. The zero-order valence-corrected chi connectivity index (χ0v) is 42.2. The van der Waals surface area contributed by atoms with Gasteiger partial charge in [-0.05, 0) is 150 Å². The van der Waals surface area contributed by atoms with Crippen molar-refractivity contribution in [3.63, 3.8) is 0 Å². The minimum Gasteiger partial charge on any atom is -0.460 e. The summed E-state index contributed by atoms with van der Waals surface area (Å²) in [5.74, 6) is 0.0491. The van der Waals surface area contributed by atoms with E-state index < -0.39 is 28.8 Å². The fraction of sp³-hybridized carbons (Fsp3) is 0.400. The molecule has 0 spiro atoms. The lowest BCUT2D eigenvalue weighted by Gasteiger charge is -2.29. The number of carbonyl (C=O) groups excluding carboxylic acids is 4. The topological polar surface area (TPSA) is 139 Å². The van der Waals surface area contributed by atoms with Gasteiger partial charge >= 0.3 is 12.1 Å². The number of alkyl halides is 3. The van der Waals surface area contributed by atoms with Crippen LogP contribution >= 0.6 is 11.8 Å². The standard InChI is InChI=1S/C41H38F3N5O3S.C14H28O3/c1-45-38(50)30-11-7-13-34(22-30)53-26-28-9-5-10-29(20-28)40(52)48-36-15-14-33(49-18-3-2-4-19-49)24-35(36)37-23-31(16-17-46-37)39(51)47-25-27-8-6-12-32(21-27)41(42,43)44;1-11(2)8-9-16-14(6,7)10-12(15)17-13(3,4)5/h5-17,20-24H,2-4,18-19,25-26H2,1H3,(H,45,50)(H,47,51)(H,48,52);11H,8-10H2,1-7H3. The Kier molecular flexibility index (Phi) is 19.6. The molecule has 5 aromatic rings. The van der Waals surface area contributed by atoms with E-state index >= 15 is 0 Å². The second kappa shape index (κ2) is 25.1. The van der Waals surface area contributed by atoms with Gasteiger partial charge in [0.25, 0.3) is 17.7 Å². The van der Waals surface area contributed by atoms with Crippen LogP contribution < -0.4 is 20.9 Å². The van der Waals surface area contributed by atoms with Crippen LogP contribution in [0.15, 0.2) is 114 Å². The summed E-state index contributed by atoms with van der Waals surface area (Å²) in [6, 6.07) is 28.5. The lowest BCUT2D eigenvalue weighted by molar-refractivity contribution is -0.161. The van der Waals surface area contributed by atoms with Gasteiger partial charge in [0.1, 0.15) is 5.60 Å². The number of carbonyl (C=O) groups is 4. The van der Waals surface area contributed by atoms with Crippen LogP contribution in [-0.4, -0.2) is 66.6 Å². The summed E-state index contributed by atoms with van der Waals surface area (Å²) in [4.78, 5) is 58.5. The summed E-state index contributed by atoms with van der Waals surface area (Å²) in [6.45, 7) is 16.2. The number of hydrogen-bond acceptors (Lipinski definition) is 9. The molecule has 1 aromatic heterocycles. The molecule has 374 valence electrons. The van der Waals surface area contributed by atoms with E-state index in [1.807, 2.05) is 89.2 Å². The Morgan fingerprint density at radius 3 is 2.11 bits per heavy atom. The molecule has 1 aliphatic heterocycles. The molecule has 6 rings (SSSR count). The van der Waals surface area contributed by atoms with Crippen molar-refractivity contribution in [1.29, 1.82) is 0 Å². The molecular weight excluding hydrogens is 916 g/mol. The van der Waals surface area contributed by atoms with Crippen LogP contribution in [0.4, 0.5) is 24.5 Å². The summed E-state index contributed by atoms with van der Waals surface area (Å²) >= 11 is 1.56. The highest BCUT2D eigenvalue weighted by molar-refractivity contribution is 7.98. The first-order valence-electron chi connectivity index (χ1n) is 23.6. The van der Waals surface area contributed by atoms with Crippen molar-refractivity contribution in [1.82, 2.24) is 15.6 Å². The third kappa shape index (κ3) is 17.6. The van der Waals surface area contributed by atoms with Crippen LogP contribution in [0.2, 0.25) is 0 Å². The van der Waals surface area contributed by atoms with Crippen molar-refractivity contribution >= 4 is 46.8 Å². The summed E-state index contributed by atoms with van der Waals surface area (Å²) < 4.78 is 50.6. The molecule has 0 atom stereocenters. The van der Waals surface area contributed by atoms with Gasteiger partial charge in [0.2, 0.25) is 0 Å². The van der Waals surface area contributed by atoms with Gasteiger partial charge in [0, 0.05) is 78.1 Å². The van der Waals surface area contributed by atoms with Gasteiger partial charge in [-0.25, -0.2) is 0 Å². The molecule has 3 N–H and O–H groups in total. The number of thioether (sulfide) groups is 1. The number of rotatable bonds is 17. The number of aromatic nitrogens is 1. The molecule has 11 nitrogen and oxygen atoms in total. The molecule has 0 bridgehead atoms. The Hall–Kier alpha value is -6.19. The quantitative estimate of drug-likeness (QED) is 0.0614. The number of benzene rings is 4. The maximum Gasteiger partial charge on any atom is 0.416 e. The highest BCUT2D eigenvalue weighted by Crippen LogP contribution is 2.34. The number of esters is 1. The van der Waals surface area contributed by atoms with Gasteiger partial charge in [-0.3, -0.25) is 24.2 Å². The van der Waals surface area contributed by atoms with Crippen molar-refractivity contribution in [3.05, 3.63) is 143 Å². The molecule has 1 saturated heterocycles. The largest absolute Gasteiger partial charge is 0.460 e. The van der Waals surface area contributed by atoms with E-state index in [1.54, 1.807) is 37.0 Å². The Labute approximate surface area is 414 Å². The number of nitrogens with zero attached hydrogens (tertiary/aromatic N) is 2. The fourth-order valence-electron chi connectivity index (χ4n) is 7.45. The Bertz CT molecular complexity index is 2570. The fourth-order valence-corrected chi connectivity index (χ4v) is 8.34. The Morgan fingerprint density at radius 2 is 1.43 bits per heavy atom. The zero-order valence-electron chi connectivity index (χ0n) is 41.4. The lowest BCUT2D eigenvalue weighted by Crippen LogP contribution is -2.33. The maximum atomic E-state index is 13.7. The number of anilines is 2. The van der Waals surface area contributed by atoms with Gasteiger partial charge in [-0.2, -0.15) is 13.2 Å². The van der Waals surface area contributed by atoms with Crippen molar-refractivity contribution in [3.8, 4) is 11.3 Å². The van der Waals surface area contributed by atoms with Crippen LogP contribution in [0, 0.1) is 5.92 Å². The van der Waals surface area contributed by atoms with E-state index in [0.717, 1.165) is 67.1 Å². The Morgan fingerprint density at radius 1 is 0.757 bits per heavy atom. The van der Waals surface area contributed by atoms with Gasteiger partial charge in [0.15, 0.2) is 0 Å². The molecule has 1 aliphatic rings. The SMILES string of the molecule is CC(C)CCOC(C)(C)CC(=O)OC(C)(C)C.CNC(=O)c1cccc(SCc2cccc(C(=O)Nc3ccc(N4CCCCC4)cc3-c3cc(C(=O)NCc4cccc(C(F)(F)F)c4)ccn3)c2)c1. The highest BCUT2D eigenvalue weighted by Gasteiger charge is 2.30. The number of amides is 3. The minimum absolute atomic E-state index is 0.0911. The van der Waals surface area contributed by atoms with Crippen LogP contribution in [0.1, 0.15) is 128 Å². The summed E-state index contributed by atoms with van der Waals surface area (Å²) in [5.41, 5.74) is 3.46. The second-order valence-electron chi connectivity index (χ2n) is 19.2. The summed E-state index contributed by atoms with van der Waals surface area (Å²) in [6.07, 6.45) is 1.63. The average molecular weight is 982 g/mol. The highest BCUT2D eigenvalue weighted by atomic mass is 32.2. The van der Waals surface area contributed by atoms with Gasteiger partial charge in [-0.1, -0.05) is 44.2 Å². The van der Waals surface area contributed by atoms with Crippen molar-refractivity contribution < 1.29 is 41.8 Å². The van der Waals surface area contributed by atoms with E-state index in [1.165, 1.54) is 24.4 Å². The van der Waals surface area contributed by atoms with Gasteiger partial charge in [0.05, 0.1) is 29.0 Å². The third-order valence-electron chi connectivity index (χ3n) is 11.1. The molecule has 15 heteroatoms. The molecule has 4 aromatic carbocycles. The third-order valence-corrected chi connectivity index (χ3v) is 12.1. The molecule has 1 fully saturated rings. The van der Waals surface area contributed by atoms with E-state index in [0.29, 0.717) is 58.3 Å². The van der Waals surface area contributed by atoms with Crippen LogP contribution in [0.5, 0.6) is 0 Å². The molecule has 70 heavy (non-hydrogen) atoms. The number of ether oxygens (including phenoxy) is 2. The lowest BCUT2D eigenvalue weighted by atomic mass is 10.0. The van der Waals surface area contributed by atoms with Gasteiger partial charge in [-0.15, -0.1) is 11.8 Å². The van der Waals surface area contributed by atoms with E-state index in [9.17, 15) is 32.3 Å².